The highest BCUT2D eigenvalue weighted by Crippen LogP contribution is 2.19. The maximum Gasteiger partial charge on any atom is 0.387 e. The smallest absolute Gasteiger partial charge is 0.387 e. The second kappa shape index (κ2) is 9.68. The van der Waals surface area contributed by atoms with Gasteiger partial charge in [0.25, 0.3) is 5.91 Å². The zero-order valence-corrected chi connectivity index (χ0v) is 18.2. The molecule has 0 fully saturated rings. The van der Waals surface area contributed by atoms with Crippen molar-refractivity contribution in [2.75, 3.05) is 7.05 Å². The lowest BCUT2D eigenvalue weighted by Gasteiger charge is -2.18. The molecule has 0 N–H and O–H groups in total. The van der Waals surface area contributed by atoms with Crippen molar-refractivity contribution >= 4 is 11.6 Å². The number of fused-ring (bicyclic) bond motifs is 1. The fraction of sp³-hybridized carbons (Fsp3) is 0.200. The van der Waals surface area contributed by atoms with Crippen LogP contribution >= 0.6 is 0 Å². The minimum absolute atomic E-state index is 0.0772. The van der Waals surface area contributed by atoms with E-state index in [0.29, 0.717) is 17.9 Å². The van der Waals surface area contributed by atoms with E-state index in [4.69, 9.17) is 4.74 Å². The quantitative estimate of drug-likeness (QED) is 0.374. The van der Waals surface area contributed by atoms with Crippen LogP contribution in [0.1, 0.15) is 27.2 Å². The zero-order chi connectivity index (χ0) is 23.4. The van der Waals surface area contributed by atoms with Gasteiger partial charge in [0.1, 0.15) is 23.8 Å². The third kappa shape index (κ3) is 5.46. The fourth-order valence-corrected chi connectivity index (χ4v) is 3.49. The summed E-state index contributed by atoms with van der Waals surface area (Å²) < 4.78 is 36.7. The van der Waals surface area contributed by atoms with Crippen molar-refractivity contribution < 1.29 is 23.0 Å². The molecule has 2 aromatic heterocycles. The van der Waals surface area contributed by atoms with Crippen LogP contribution in [0.3, 0.4) is 0 Å². The molecule has 0 aliphatic carbocycles. The predicted octanol–water partition coefficient (Wildman–Crippen LogP) is 5.10. The van der Waals surface area contributed by atoms with E-state index < -0.39 is 6.61 Å². The third-order valence-corrected chi connectivity index (χ3v) is 5.11. The first-order valence-corrected chi connectivity index (χ1v) is 10.3. The number of rotatable bonds is 8. The first-order valence-electron chi connectivity index (χ1n) is 10.3. The molecule has 0 aliphatic heterocycles. The van der Waals surface area contributed by atoms with Gasteiger partial charge in [-0.05, 0) is 54.4 Å². The van der Waals surface area contributed by atoms with Gasteiger partial charge in [-0.15, -0.1) is 0 Å². The number of pyridine rings is 1. The van der Waals surface area contributed by atoms with Crippen molar-refractivity contribution in [1.82, 2.24) is 14.3 Å². The second-order valence-electron chi connectivity index (χ2n) is 7.65. The number of carbonyl (C=O) groups is 1. The standard InChI is InChI=1S/C25H23F2N3O3/c1-17-5-4-12-30-15-20(28-23(17)30)16-32-22-7-3-6-19(13-22)24(31)29(2)14-18-8-10-21(11-9-18)33-25(26)27/h3-13,15,25H,14,16H2,1-2H3. The van der Waals surface area contributed by atoms with E-state index in [0.717, 1.165) is 22.5 Å². The van der Waals surface area contributed by atoms with Gasteiger partial charge in [0.15, 0.2) is 0 Å². The number of aromatic nitrogens is 2. The summed E-state index contributed by atoms with van der Waals surface area (Å²) in [4.78, 5) is 19.0. The molecular formula is C25H23F2N3O3. The highest BCUT2D eigenvalue weighted by Gasteiger charge is 2.14. The molecule has 4 rings (SSSR count). The topological polar surface area (TPSA) is 56.1 Å². The number of hydrogen-bond acceptors (Lipinski definition) is 4. The van der Waals surface area contributed by atoms with Crippen LogP contribution in [0.2, 0.25) is 0 Å². The number of halogens is 2. The maximum absolute atomic E-state index is 12.9. The van der Waals surface area contributed by atoms with Gasteiger partial charge >= 0.3 is 6.61 Å². The van der Waals surface area contributed by atoms with E-state index in [1.807, 2.05) is 35.9 Å². The summed E-state index contributed by atoms with van der Waals surface area (Å²) in [6.45, 7) is -0.267. The van der Waals surface area contributed by atoms with Crippen LogP contribution in [0, 0.1) is 6.92 Å². The largest absolute Gasteiger partial charge is 0.487 e. The number of alkyl halides is 2. The monoisotopic (exact) mass is 451 g/mol. The first kappa shape index (κ1) is 22.3. The van der Waals surface area contributed by atoms with Crippen LogP contribution in [0.5, 0.6) is 11.5 Å². The van der Waals surface area contributed by atoms with E-state index in [1.54, 1.807) is 48.3 Å². The van der Waals surface area contributed by atoms with E-state index in [2.05, 4.69) is 9.72 Å². The lowest BCUT2D eigenvalue weighted by atomic mass is 10.1. The predicted molar refractivity (Wildman–Crippen MR) is 120 cm³/mol. The summed E-state index contributed by atoms with van der Waals surface area (Å²) in [6, 6.07) is 17.1. The fourth-order valence-electron chi connectivity index (χ4n) is 3.49. The molecule has 8 heteroatoms. The van der Waals surface area contributed by atoms with Gasteiger partial charge in [-0.25, -0.2) is 4.98 Å². The van der Waals surface area contributed by atoms with Crippen molar-refractivity contribution in [2.45, 2.75) is 26.7 Å². The number of imidazole rings is 1. The van der Waals surface area contributed by atoms with Crippen molar-refractivity contribution in [1.29, 1.82) is 0 Å². The van der Waals surface area contributed by atoms with Crippen molar-refractivity contribution in [3.63, 3.8) is 0 Å². The number of nitrogens with zero attached hydrogens (tertiary/aromatic N) is 3. The van der Waals surface area contributed by atoms with Gasteiger partial charge in [0, 0.05) is 31.5 Å². The number of aryl methyl sites for hydroxylation is 1. The summed E-state index contributed by atoms with van der Waals surface area (Å²) >= 11 is 0. The molecule has 0 bridgehead atoms. The lowest BCUT2D eigenvalue weighted by molar-refractivity contribution is -0.0498. The molecule has 2 heterocycles. The first-order chi connectivity index (χ1) is 15.9. The van der Waals surface area contributed by atoms with Gasteiger partial charge < -0.3 is 18.8 Å². The Morgan fingerprint density at radius 3 is 2.61 bits per heavy atom. The van der Waals surface area contributed by atoms with E-state index in [-0.39, 0.29) is 18.3 Å². The molecule has 0 radical (unpaired) electrons. The van der Waals surface area contributed by atoms with E-state index in [1.165, 1.54) is 12.1 Å². The molecule has 0 saturated heterocycles. The Bertz CT molecular complexity index is 1260. The number of amides is 1. The van der Waals surface area contributed by atoms with Gasteiger partial charge in [0.05, 0.1) is 5.69 Å². The lowest BCUT2D eigenvalue weighted by Crippen LogP contribution is -2.26. The second-order valence-corrected chi connectivity index (χ2v) is 7.65. The Labute approximate surface area is 190 Å². The van der Waals surface area contributed by atoms with Crippen LogP contribution in [0.25, 0.3) is 5.65 Å². The summed E-state index contributed by atoms with van der Waals surface area (Å²) in [5.74, 6) is 0.460. The molecule has 6 nitrogen and oxygen atoms in total. The number of ether oxygens (including phenoxy) is 2. The van der Waals surface area contributed by atoms with Crippen LogP contribution in [0.15, 0.2) is 73.1 Å². The number of hydrogen-bond donors (Lipinski definition) is 0. The Morgan fingerprint density at radius 1 is 1.09 bits per heavy atom. The number of carbonyl (C=O) groups excluding carboxylic acids is 1. The molecule has 4 aromatic rings. The molecule has 0 atom stereocenters. The molecule has 0 aliphatic rings. The summed E-state index contributed by atoms with van der Waals surface area (Å²) in [7, 11) is 1.68. The van der Waals surface area contributed by atoms with Crippen LogP contribution in [-0.4, -0.2) is 33.9 Å². The minimum Gasteiger partial charge on any atom is -0.487 e. The molecule has 2 aromatic carbocycles. The molecule has 170 valence electrons. The zero-order valence-electron chi connectivity index (χ0n) is 18.2. The Kier molecular flexibility index (Phi) is 6.53. The third-order valence-electron chi connectivity index (χ3n) is 5.11. The van der Waals surface area contributed by atoms with Crippen LogP contribution < -0.4 is 9.47 Å². The molecule has 33 heavy (non-hydrogen) atoms. The minimum atomic E-state index is -2.87. The average Bonchev–Trinajstić information content (AvgIpc) is 3.23. The molecule has 1 amide bonds. The van der Waals surface area contributed by atoms with Crippen LogP contribution in [-0.2, 0) is 13.2 Å². The highest BCUT2D eigenvalue weighted by atomic mass is 19.3. The number of benzene rings is 2. The summed E-state index contributed by atoms with van der Waals surface area (Å²) in [5.41, 5.74) is 4.03. The van der Waals surface area contributed by atoms with Crippen LogP contribution in [0.4, 0.5) is 8.78 Å². The Hall–Kier alpha value is -3.94. The van der Waals surface area contributed by atoms with E-state index >= 15 is 0 Å². The van der Waals surface area contributed by atoms with E-state index in [9.17, 15) is 13.6 Å². The van der Waals surface area contributed by atoms with Gasteiger partial charge in [-0.3, -0.25) is 4.79 Å². The SMILES string of the molecule is Cc1cccn2cc(COc3cccc(C(=O)N(C)Cc4ccc(OC(F)F)cc4)c3)nc12. The van der Waals surface area contributed by atoms with Crippen molar-refractivity contribution in [3.05, 3.63) is 95.4 Å². The maximum atomic E-state index is 12.9. The normalized spacial score (nSPS) is 11.1. The molecule has 0 saturated carbocycles. The summed E-state index contributed by atoms with van der Waals surface area (Å²) in [5, 5.41) is 0. The van der Waals surface area contributed by atoms with Gasteiger partial charge in [-0.2, -0.15) is 8.78 Å². The van der Waals surface area contributed by atoms with Crippen molar-refractivity contribution in [2.24, 2.45) is 0 Å². The average molecular weight is 451 g/mol. The van der Waals surface area contributed by atoms with Crippen molar-refractivity contribution in [3.8, 4) is 11.5 Å². The van der Waals surface area contributed by atoms with Gasteiger partial charge in [0.2, 0.25) is 0 Å². The molecular weight excluding hydrogens is 428 g/mol. The highest BCUT2D eigenvalue weighted by molar-refractivity contribution is 5.94. The molecule has 0 unspecified atom stereocenters. The Balaban J connectivity index is 1.38. The van der Waals surface area contributed by atoms with Gasteiger partial charge in [-0.1, -0.05) is 24.3 Å². The Morgan fingerprint density at radius 2 is 1.88 bits per heavy atom. The summed E-state index contributed by atoms with van der Waals surface area (Å²) in [6.07, 6.45) is 3.86. The molecule has 0 spiro atoms.